The van der Waals surface area contributed by atoms with Crippen LogP contribution in [0.15, 0.2) is 24.3 Å². The first-order valence-electron chi connectivity index (χ1n) is 6.58. The van der Waals surface area contributed by atoms with Crippen molar-refractivity contribution in [1.82, 2.24) is 5.32 Å². The van der Waals surface area contributed by atoms with Crippen LogP contribution in [-0.2, 0) is 9.47 Å². The van der Waals surface area contributed by atoms with Gasteiger partial charge in [0, 0.05) is 6.54 Å². The van der Waals surface area contributed by atoms with E-state index in [0.29, 0.717) is 13.2 Å². The van der Waals surface area contributed by atoms with Gasteiger partial charge in [-0.25, -0.2) is 0 Å². The van der Waals surface area contributed by atoms with Gasteiger partial charge in [0.05, 0.1) is 25.4 Å². The Bertz CT molecular complexity index is 339. The van der Waals surface area contributed by atoms with Crippen LogP contribution < -0.4 is 5.32 Å². The number of rotatable bonds is 8. The summed E-state index contributed by atoms with van der Waals surface area (Å²) in [6.07, 6.45) is 0.348. The van der Waals surface area contributed by atoms with E-state index in [4.69, 9.17) is 9.47 Å². The summed E-state index contributed by atoms with van der Waals surface area (Å²) in [6, 6.07) is 8.45. The lowest BCUT2D eigenvalue weighted by molar-refractivity contribution is -0.0125. The fourth-order valence-corrected chi connectivity index (χ4v) is 1.80. The number of likely N-dealkylation sites (N-methyl/N-ethyl adjacent to an activating group) is 1. The van der Waals surface area contributed by atoms with E-state index in [-0.39, 0.29) is 12.2 Å². The molecule has 0 bridgehead atoms. The molecule has 1 atom stereocenters. The Labute approximate surface area is 110 Å². The van der Waals surface area contributed by atoms with Gasteiger partial charge in [0.25, 0.3) is 0 Å². The van der Waals surface area contributed by atoms with Crippen molar-refractivity contribution in [3.63, 3.8) is 0 Å². The van der Waals surface area contributed by atoms with Gasteiger partial charge in [-0.05, 0) is 33.4 Å². The minimum atomic E-state index is 0.0886. The highest BCUT2D eigenvalue weighted by Crippen LogP contribution is 2.17. The third-order valence-corrected chi connectivity index (χ3v) is 2.66. The lowest BCUT2D eigenvalue weighted by atomic mass is 10.1. The molecular weight excluding hydrogens is 226 g/mol. The third-order valence-electron chi connectivity index (χ3n) is 2.66. The van der Waals surface area contributed by atoms with Gasteiger partial charge in [-0.2, -0.15) is 0 Å². The molecule has 0 aromatic heterocycles. The standard InChI is InChI=1S/C15H25NO2/c1-12(2)17-8-9-18-15(11-16-4)14-7-5-6-13(3)10-14/h5-7,10,12,15-16H,8-9,11H2,1-4H3. The first-order chi connectivity index (χ1) is 8.63. The minimum Gasteiger partial charge on any atom is -0.376 e. The Kier molecular flexibility index (Phi) is 6.94. The first kappa shape index (κ1) is 15.2. The Morgan fingerprint density at radius 2 is 1.89 bits per heavy atom. The number of benzene rings is 1. The summed E-state index contributed by atoms with van der Waals surface area (Å²) >= 11 is 0. The van der Waals surface area contributed by atoms with Crippen LogP contribution in [0.1, 0.15) is 31.1 Å². The van der Waals surface area contributed by atoms with Crippen LogP contribution in [0, 0.1) is 6.92 Å². The summed E-state index contributed by atoms with van der Waals surface area (Å²) in [4.78, 5) is 0. The second-order valence-electron chi connectivity index (χ2n) is 4.75. The molecule has 1 aromatic rings. The van der Waals surface area contributed by atoms with Crippen molar-refractivity contribution < 1.29 is 9.47 Å². The van der Waals surface area contributed by atoms with Crippen molar-refractivity contribution in [2.75, 3.05) is 26.8 Å². The lowest BCUT2D eigenvalue weighted by Crippen LogP contribution is -2.22. The second-order valence-corrected chi connectivity index (χ2v) is 4.75. The van der Waals surface area contributed by atoms with Crippen LogP contribution >= 0.6 is 0 Å². The molecule has 0 heterocycles. The van der Waals surface area contributed by atoms with E-state index in [1.54, 1.807) is 0 Å². The summed E-state index contributed by atoms with van der Waals surface area (Å²) in [7, 11) is 1.94. The van der Waals surface area contributed by atoms with Crippen molar-refractivity contribution in [2.24, 2.45) is 0 Å². The molecule has 0 amide bonds. The fourth-order valence-electron chi connectivity index (χ4n) is 1.80. The van der Waals surface area contributed by atoms with Crippen LogP contribution in [-0.4, -0.2) is 32.9 Å². The molecule has 0 fully saturated rings. The van der Waals surface area contributed by atoms with Crippen LogP contribution in [0.2, 0.25) is 0 Å². The Morgan fingerprint density at radius 3 is 2.50 bits per heavy atom. The van der Waals surface area contributed by atoms with E-state index in [2.05, 4.69) is 36.5 Å². The zero-order chi connectivity index (χ0) is 13.4. The molecule has 3 heteroatoms. The molecular formula is C15H25NO2. The average Bonchev–Trinajstić information content (AvgIpc) is 2.33. The van der Waals surface area contributed by atoms with Gasteiger partial charge in [0.15, 0.2) is 0 Å². The van der Waals surface area contributed by atoms with Crippen LogP contribution in [0.25, 0.3) is 0 Å². The first-order valence-corrected chi connectivity index (χ1v) is 6.58. The van der Waals surface area contributed by atoms with Crippen LogP contribution in [0.3, 0.4) is 0 Å². The molecule has 1 unspecified atom stereocenters. The highest BCUT2D eigenvalue weighted by molar-refractivity contribution is 5.24. The van der Waals surface area contributed by atoms with E-state index in [9.17, 15) is 0 Å². The Hall–Kier alpha value is -0.900. The molecule has 102 valence electrons. The number of aryl methyl sites for hydroxylation is 1. The average molecular weight is 251 g/mol. The summed E-state index contributed by atoms with van der Waals surface area (Å²) in [5, 5.41) is 3.17. The smallest absolute Gasteiger partial charge is 0.0950 e. The van der Waals surface area contributed by atoms with Gasteiger partial charge < -0.3 is 14.8 Å². The molecule has 1 aromatic carbocycles. The normalized spacial score (nSPS) is 12.9. The van der Waals surface area contributed by atoms with E-state index in [1.165, 1.54) is 11.1 Å². The maximum atomic E-state index is 5.89. The molecule has 0 saturated carbocycles. The van der Waals surface area contributed by atoms with Gasteiger partial charge in [-0.1, -0.05) is 29.8 Å². The predicted octanol–water partition coefficient (Wildman–Crippen LogP) is 2.70. The molecule has 3 nitrogen and oxygen atoms in total. The molecule has 0 aliphatic carbocycles. The zero-order valence-corrected chi connectivity index (χ0v) is 11.9. The quantitative estimate of drug-likeness (QED) is 0.721. The van der Waals surface area contributed by atoms with Gasteiger partial charge in [-0.15, -0.1) is 0 Å². The van der Waals surface area contributed by atoms with Crippen molar-refractivity contribution in [3.05, 3.63) is 35.4 Å². The maximum absolute atomic E-state index is 5.89. The number of hydrogen-bond donors (Lipinski definition) is 1. The monoisotopic (exact) mass is 251 g/mol. The Morgan fingerprint density at radius 1 is 1.17 bits per heavy atom. The predicted molar refractivity (Wildman–Crippen MR) is 74.9 cm³/mol. The number of ether oxygens (including phenoxy) is 2. The molecule has 18 heavy (non-hydrogen) atoms. The largest absolute Gasteiger partial charge is 0.376 e. The summed E-state index contributed by atoms with van der Waals surface area (Å²) < 4.78 is 11.4. The summed E-state index contributed by atoms with van der Waals surface area (Å²) in [6.45, 7) is 8.24. The number of nitrogens with one attached hydrogen (secondary N) is 1. The lowest BCUT2D eigenvalue weighted by Gasteiger charge is -2.19. The van der Waals surface area contributed by atoms with Crippen LogP contribution in [0.5, 0.6) is 0 Å². The molecule has 0 aliphatic heterocycles. The fraction of sp³-hybridized carbons (Fsp3) is 0.600. The van der Waals surface area contributed by atoms with Gasteiger partial charge in [-0.3, -0.25) is 0 Å². The van der Waals surface area contributed by atoms with E-state index < -0.39 is 0 Å². The molecule has 1 N–H and O–H groups in total. The highest BCUT2D eigenvalue weighted by Gasteiger charge is 2.11. The van der Waals surface area contributed by atoms with Crippen molar-refractivity contribution >= 4 is 0 Å². The topological polar surface area (TPSA) is 30.5 Å². The van der Waals surface area contributed by atoms with Gasteiger partial charge in [0.1, 0.15) is 0 Å². The van der Waals surface area contributed by atoms with Crippen LogP contribution in [0.4, 0.5) is 0 Å². The minimum absolute atomic E-state index is 0.0886. The zero-order valence-electron chi connectivity index (χ0n) is 11.9. The summed E-state index contributed by atoms with van der Waals surface area (Å²) in [5.74, 6) is 0. The number of hydrogen-bond acceptors (Lipinski definition) is 3. The SMILES string of the molecule is CNCC(OCCOC(C)C)c1cccc(C)c1. The summed E-state index contributed by atoms with van der Waals surface area (Å²) in [5.41, 5.74) is 2.48. The molecule has 0 spiro atoms. The highest BCUT2D eigenvalue weighted by atomic mass is 16.5. The van der Waals surface area contributed by atoms with E-state index in [0.717, 1.165) is 6.54 Å². The Balaban J connectivity index is 2.49. The third kappa shape index (κ3) is 5.63. The molecule has 0 aliphatic rings. The van der Waals surface area contributed by atoms with Crippen molar-refractivity contribution in [2.45, 2.75) is 33.0 Å². The molecule has 0 saturated heterocycles. The van der Waals surface area contributed by atoms with Crippen molar-refractivity contribution in [3.8, 4) is 0 Å². The van der Waals surface area contributed by atoms with E-state index >= 15 is 0 Å². The van der Waals surface area contributed by atoms with Gasteiger partial charge in [0.2, 0.25) is 0 Å². The maximum Gasteiger partial charge on any atom is 0.0950 e. The second kappa shape index (κ2) is 8.25. The molecule has 0 radical (unpaired) electrons. The van der Waals surface area contributed by atoms with Crippen molar-refractivity contribution in [1.29, 1.82) is 0 Å². The van der Waals surface area contributed by atoms with E-state index in [1.807, 2.05) is 20.9 Å². The molecule has 1 rings (SSSR count). The van der Waals surface area contributed by atoms with Gasteiger partial charge >= 0.3 is 0 Å².